The maximum Gasteiger partial charge on any atom is 0.266 e. The maximum absolute atomic E-state index is 13.3. The zero-order valence-corrected chi connectivity index (χ0v) is 21.7. The molecule has 0 spiro atoms. The Hall–Kier alpha value is -2.10. The van der Waals surface area contributed by atoms with Crippen LogP contribution in [0.3, 0.4) is 0 Å². The van der Waals surface area contributed by atoms with E-state index in [2.05, 4.69) is 4.90 Å². The number of hydrogen-bond acceptors (Lipinski definition) is 7. The van der Waals surface area contributed by atoms with Crippen LogP contribution in [0.1, 0.15) is 12.0 Å². The van der Waals surface area contributed by atoms with Gasteiger partial charge in [-0.25, -0.2) is 4.98 Å². The number of halogens is 2. The highest BCUT2D eigenvalue weighted by Gasteiger charge is 2.22. The van der Waals surface area contributed by atoms with Gasteiger partial charge in [-0.1, -0.05) is 35.1 Å². The molecule has 0 unspecified atom stereocenters. The van der Waals surface area contributed by atoms with Gasteiger partial charge in [0.15, 0.2) is 23.2 Å². The van der Waals surface area contributed by atoms with Crippen molar-refractivity contribution in [2.75, 3.05) is 58.0 Å². The summed E-state index contributed by atoms with van der Waals surface area (Å²) in [6, 6.07) is 11.1. The fraction of sp³-hybridized carbons (Fsp3) is 0.417. The number of aryl methyl sites for hydroxylation is 1. The molecule has 1 aromatic heterocycles. The molecule has 0 radical (unpaired) electrons. The Bertz CT molecular complexity index is 1110. The Balaban J connectivity index is 0.00000324. The van der Waals surface area contributed by atoms with E-state index in [4.69, 9.17) is 30.8 Å². The molecule has 7 nitrogen and oxygen atoms in total. The number of amides is 1. The summed E-state index contributed by atoms with van der Waals surface area (Å²) < 4.78 is 17.6. The van der Waals surface area contributed by atoms with Crippen LogP contribution in [-0.2, 0) is 9.53 Å². The molecule has 34 heavy (non-hydrogen) atoms. The molecule has 0 saturated carbocycles. The molecule has 1 aliphatic heterocycles. The molecular formula is C24H29Cl2N3O4S. The minimum atomic E-state index is -0.148. The van der Waals surface area contributed by atoms with Gasteiger partial charge in [0.05, 0.1) is 30.5 Å². The summed E-state index contributed by atoms with van der Waals surface area (Å²) in [7, 11) is 1.58. The summed E-state index contributed by atoms with van der Waals surface area (Å²) in [6.07, 6.45) is 0.829. The second kappa shape index (κ2) is 12.6. The highest BCUT2D eigenvalue weighted by Crippen LogP contribution is 2.34. The molecule has 0 N–H and O–H groups in total. The standard InChI is InChI=1S/C24H28ClN3O4S.ClH/c1-17-18(25)8-9-21-23(17)26-24(33-21)28(11-5-10-27-12-14-31-15-13-27)22(29)16-32-20-7-4-3-6-19(20)30-2;/h3-4,6-9H,5,10-16H2,1-2H3;1H. The van der Waals surface area contributed by atoms with Gasteiger partial charge in [0, 0.05) is 31.2 Å². The van der Waals surface area contributed by atoms with Crippen molar-refractivity contribution in [3.05, 3.63) is 47.0 Å². The first kappa shape index (κ1) is 26.5. The number of anilines is 1. The van der Waals surface area contributed by atoms with Crippen LogP contribution in [0.5, 0.6) is 11.5 Å². The van der Waals surface area contributed by atoms with E-state index in [1.165, 1.54) is 11.3 Å². The van der Waals surface area contributed by atoms with Crippen LogP contribution in [-0.4, -0.2) is 68.9 Å². The fourth-order valence-corrected chi connectivity index (χ4v) is 4.98. The number of ether oxygens (including phenoxy) is 3. The molecule has 2 aromatic carbocycles. The average Bonchev–Trinajstić information content (AvgIpc) is 3.28. The van der Waals surface area contributed by atoms with Crippen molar-refractivity contribution in [1.82, 2.24) is 9.88 Å². The van der Waals surface area contributed by atoms with E-state index in [0.717, 1.165) is 55.0 Å². The second-order valence-corrected chi connectivity index (χ2v) is 9.22. The molecule has 10 heteroatoms. The Morgan fingerprint density at radius 3 is 2.68 bits per heavy atom. The van der Waals surface area contributed by atoms with Crippen molar-refractivity contribution in [2.45, 2.75) is 13.3 Å². The van der Waals surface area contributed by atoms with Crippen LogP contribution in [0.15, 0.2) is 36.4 Å². The third-order valence-corrected chi connectivity index (χ3v) is 7.10. The molecule has 1 fully saturated rings. The number of para-hydroxylation sites is 2. The maximum atomic E-state index is 13.3. The Kier molecular flexibility index (Phi) is 9.79. The van der Waals surface area contributed by atoms with E-state index in [0.29, 0.717) is 28.2 Å². The summed E-state index contributed by atoms with van der Waals surface area (Å²) in [4.78, 5) is 22.2. The van der Waals surface area contributed by atoms with Crippen molar-refractivity contribution >= 4 is 56.6 Å². The normalized spacial score (nSPS) is 14.0. The number of hydrogen-bond donors (Lipinski definition) is 0. The van der Waals surface area contributed by atoms with Crippen molar-refractivity contribution in [1.29, 1.82) is 0 Å². The van der Waals surface area contributed by atoms with E-state index < -0.39 is 0 Å². The number of aromatic nitrogens is 1. The van der Waals surface area contributed by atoms with Crippen molar-refractivity contribution in [3.63, 3.8) is 0 Å². The number of carbonyl (C=O) groups excluding carboxylic acids is 1. The minimum Gasteiger partial charge on any atom is -0.493 e. The van der Waals surface area contributed by atoms with Crippen LogP contribution < -0.4 is 14.4 Å². The first-order chi connectivity index (χ1) is 16.1. The summed E-state index contributed by atoms with van der Waals surface area (Å²) in [5, 5.41) is 1.33. The average molecular weight is 526 g/mol. The molecule has 1 saturated heterocycles. The quantitative estimate of drug-likeness (QED) is 0.398. The largest absolute Gasteiger partial charge is 0.493 e. The number of methoxy groups -OCH3 is 1. The third kappa shape index (κ3) is 6.31. The van der Waals surface area contributed by atoms with Crippen molar-refractivity contribution in [2.24, 2.45) is 0 Å². The second-order valence-electron chi connectivity index (χ2n) is 7.81. The topological polar surface area (TPSA) is 64.1 Å². The van der Waals surface area contributed by atoms with Crippen LogP contribution in [0, 0.1) is 6.92 Å². The van der Waals surface area contributed by atoms with Gasteiger partial charge in [0.2, 0.25) is 0 Å². The summed E-state index contributed by atoms with van der Waals surface area (Å²) in [6.45, 7) is 6.65. The molecule has 1 aliphatic rings. The molecule has 1 amide bonds. The lowest BCUT2D eigenvalue weighted by atomic mass is 10.2. The number of thiazole rings is 1. The van der Waals surface area contributed by atoms with Gasteiger partial charge in [-0.15, -0.1) is 12.4 Å². The molecule has 184 valence electrons. The lowest BCUT2D eigenvalue weighted by molar-refractivity contribution is -0.120. The number of rotatable bonds is 9. The van der Waals surface area contributed by atoms with Crippen LogP contribution in [0.2, 0.25) is 5.02 Å². The minimum absolute atomic E-state index is 0. The highest BCUT2D eigenvalue weighted by atomic mass is 35.5. The Labute approximate surface area is 215 Å². The Morgan fingerprint density at radius 2 is 1.94 bits per heavy atom. The predicted molar refractivity (Wildman–Crippen MR) is 139 cm³/mol. The van der Waals surface area contributed by atoms with E-state index in [9.17, 15) is 4.79 Å². The first-order valence-electron chi connectivity index (χ1n) is 11.0. The number of morpholine rings is 1. The predicted octanol–water partition coefficient (Wildman–Crippen LogP) is 4.82. The molecule has 0 bridgehead atoms. The zero-order chi connectivity index (χ0) is 23.2. The molecule has 4 rings (SSSR count). The molecule has 0 atom stereocenters. The number of fused-ring (bicyclic) bond motifs is 1. The van der Waals surface area contributed by atoms with Gasteiger partial charge < -0.3 is 14.2 Å². The fourth-order valence-electron chi connectivity index (χ4n) is 3.76. The molecule has 3 aromatic rings. The van der Waals surface area contributed by atoms with Crippen molar-refractivity contribution in [3.8, 4) is 11.5 Å². The van der Waals surface area contributed by atoms with Crippen LogP contribution in [0.25, 0.3) is 10.2 Å². The van der Waals surface area contributed by atoms with Crippen molar-refractivity contribution < 1.29 is 19.0 Å². The Morgan fingerprint density at radius 1 is 1.21 bits per heavy atom. The summed E-state index contributed by atoms with van der Waals surface area (Å²) in [5.74, 6) is 0.980. The SMILES string of the molecule is COc1ccccc1OCC(=O)N(CCCN1CCOCC1)c1nc2c(C)c(Cl)ccc2s1.Cl. The monoisotopic (exact) mass is 525 g/mol. The van der Waals surface area contributed by atoms with E-state index in [1.807, 2.05) is 31.2 Å². The summed E-state index contributed by atoms with van der Waals surface area (Å²) in [5.41, 5.74) is 1.75. The highest BCUT2D eigenvalue weighted by molar-refractivity contribution is 7.22. The smallest absolute Gasteiger partial charge is 0.266 e. The van der Waals surface area contributed by atoms with Crippen LogP contribution >= 0.6 is 35.3 Å². The van der Waals surface area contributed by atoms with Gasteiger partial charge in [0.25, 0.3) is 5.91 Å². The summed E-state index contributed by atoms with van der Waals surface area (Å²) >= 11 is 7.78. The lowest BCUT2D eigenvalue weighted by Gasteiger charge is -2.27. The molecular weight excluding hydrogens is 497 g/mol. The zero-order valence-electron chi connectivity index (χ0n) is 19.3. The van der Waals surface area contributed by atoms with Gasteiger partial charge in [-0.2, -0.15) is 0 Å². The van der Waals surface area contributed by atoms with E-state index in [-0.39, 0.29) is 24.9 Å². The van der Waals surface area contributed by atoms with Gasteiger partial charge in [-0.3, -0.25) is 14.6 Å². The van der Waals surface area contributed by atoms with E-state index in [1.54, 1.807) is 24.1 Å². The first-order valence-corrected chi connectivity index (χ1v) is 12.2. The number of benzene rings is 2. The van der Waals surface area contributed by atoms with Gasteiger partial charge >= 0.3 is 0 Å². The molecule has 0 aliphatic carbocycles. The lowest BCUT2D eigenvalue weighted by Crippen LogP contribution is -2.40. The van der Waals surface area contributed by atoms with Gasteiger partial charge in [-0.05, 0) is 43.2 Å². The number of carbonyl (C=O) groups is 1. The number of nitrogens with zero attached hydrogens (tertiary/aromatic N) is 3. The van der Waals surface area contributed by atoms with E-state index >= 15 is 0 Å². The van der Waals surface area contributed by atoms with Gasteiger partial charge in [0.1, 0.15) is 0 Å². The third-order valence-electron chi connectivity index (χ3n) is 5.65. The van der Waals surface area contributed by atoms with Crippen LogP contribution in [0.4, 0.5) is 5.13 Å². The molecule has 2 heterocycles.